The molecule has 0 spiro atoms. The molecular formula is C21H31N3OS. The molecule has 2 rings (SSSR count). The van der Waals surface area contributed by atoms with E-state index in [1.165, 1.54) is 11.3 Å². The molecule has 1 aromatic carbocycles. The summed E-state index contributed by atoms with van der Waals surface area (Å²) in [5.74, 6) is 0.550. The second-order valence-corrected chi connectivity index (χ2v) is 6.85. The summed E-state index contributed by atoms with van der Waals surface area (Å²) < 4.78 is 0. The second kappa shape index (κ2) is 12.9. The lowest BCUT2D eigenvalue weighted by Crippen LogP contribution is -2.26. The number of aromatic nitrogens is 1. The maximum atomic E-state index is 12.0. The summed E-state index contributed by atoms with van der Waals surface area (Å²) in [5, 5.41) is 8.36. The Morgan fingerprint density at radius 3 is 2.27 bits per heavy atom. The van der Waals surface area contributed by atoms with Crippen molar-refractivity contribution in [3.8, 4) is 0 Å². The van der Waals surface area contributed by atoms with Crippen LogP contribution in [0.2, 0.25) is 0 Å². The maximum absolute atomic E-state index is 12.0. The van der Waals surface area contributed by atoms with Crippen LogP contribution in [0.4, 0.5) is 11.5 Å². The van der Waals surface area contributed by atoms with Crippen LogP contribution in [0.5, 0.6) is 0 Å². The fraction of sp³-hybridized carbons (Fsp3) is 0.333. The predicted molar refractivity (Wildman–Crippen MR) is 116 cm³/mol. The van der Waals surface area contributed by atoms with E-state index in [0.717, 1.165) is 11.5 Å². The highest BCUT2D eigenvalue weighted by Gasteiger charge is 2.15. The van der Waals surface area contributed by atoms with Gasteiger partial charge in [-0.3, -0.25) is 4.79 Å². The van der Waals surface area contributed by atoms with E-state index in [0.29, 0.717) is 5.01 Å². The van der Waals surface area contributed by atoms with Gasteiger partial charge in [0.25, 0.3) is 5.91 Å². The average Bonchev–Trinajstić information content (AvgIpc) is 3.05. The summed E-state index contributed by atoms with van der Waals surface area (Å²) in [6.07, 6.45) is 5.58. The lowest BCUT2D eigenvalue weighted by atomic mass is 10.1. The molecule has 2 aromatic rings. The van der Waals surface area contributed by atoms with Gasteiger partial charge in [-0.15, -0.1) is 11.3 Å². The molecule has 1 aromatic heterocycles. The molecule has 0 aliphatic heterocycles. The largest absolute Gasteiger partial charge is 0.365 e. The number of amides is 1. The maximum Gasteiger partial charge on any atom is 0.284 e. The van der Waals surface area contributed by atoms with Gasteiger partial charge >= 0.3 is 0 Å². The number of thiazole rings is 1. The Balaban J connectivity index is 0.000000772. The molecule has 5 heteroatoms. The number of para-hydroxylation sites is 1. The first-order valence-electron chi connectivity index (χ1n) is 8.69. The number of rotatable bonds is 4. The van der Waals surface area contributed by atoms with E-state index in [4.69, 9.17) is 0 Å². The van der Waals surface area contributed by atoms with Crippen molar-refractivity contribution in [2.75, 3.05) is 10.6 Å². The smallest absolute Gasteiger partial charge is 0.284 e. The molecule has 26 heavy (non-hydrogen) atoms. The zero-order valence-corrected chi connectivity index (χ0v) is 17.5. The van der Waals surface area contributed by atoms with E-state index >= 15 is 0 Å². The first-order valence-corrected chi connectivity index (χ1v) is 9.57. The minimum absolute atomic E-state index is 0.0682. The molecule has 0 aliphatic carbocycles. The molecule has 1 amide bonds. The predicted octanol–water partition coefficient (Wildman–Crippen LogP) is 6.38. The standard InChI is InChI=1S/C14H17N3OS.C5H8.C2H6/c1-14(2,3)17-11-9-19-13(16-11)12(18)15-10-7-5-4-6-8-10;1-3-5-4-2;1-2/h4-9,17H,1-3H3,(H,15,18);3-5H,1H2,2H3;1-2H3/b;5-4-;. The summed E-state index contributed by atoms with van der Waals surface area (Å²) in [7, 11) is 0. The number of hydrogen-bond acceptors (Lipinski definition) is 4. The number of nitrogens with one attached hydrogen (secondary N) is 2. The number of anilines is 2. The summed E-state index contributed by atoms with van der Waals surface area (Å²) >= 11 is 1.33. The molecule has 0 fully saturated rings. The lowest BCUT2D eigenvalue weighted by molar-refractivity contribution is 0.102. The van der Waals surface area contributed by atoms with Crippen LogP contribution in [-0.4, -0.2) is 16.4 Å². The Hall–Kier alpha value is -2.40. The summed E-state index contributed by atoms with van der Waals surface area (Å²) in [4.78, 5) is 16.3. The first kappa shape index (κ1) is 23.6. The number of hydrogen-bond donors (Lipinski definition) is 2. The van der Waals surface area contributed by atoms with Crippen LogP contribution in [0, 0.1) is 0 Å². The van der Waals surface area contributed by atoms with Crippen molar-refractivity contribution < 1.29 is 4.79 Å². The van der Waals surface area contributed by atoms with E-state index in [-0.39, 0.29) is 11.4 Å². The fourth-order valence-corrected chi connectivity index (χ4v) is 2.31. The zero-order chi connectivity index (χ0) is 20.0. The Bertz CT molecular complexity index is 670. The second-order valence-electron chi connectivity index (χ2n) is 5.99. The Labute approximate surface area is 162 Å². The number of allylic oxidation sites excluding steroid dienone is 3. The van der Waals surface area contributed by atoms with Gasteiger partial charge in [0.2, 0.25) is 0 Å². The third kappa shape index (κ3) is 10.5. The quantitative estimate of drug-likeness (QED) is 0.611. The monoisotopic (exact) mass is 373 g/mol. The van der Waals surface area contributed by atoms with Crippen molar-refractivity contribution in [1.82, 2.24) is 4.98 Å². The molecule has 0 atom stereocenters. The van der Waals surface area contributed by atoms with Gasteiger partial charge in [-0.1, -0.05) is 56.9 Å². The minimum atomic E-state index is -0.182. The van der Waals surface area contributed by atoms with Crippen LogP contribution in [-0.2, 0) is 0 Å². The third-order valence-electron chi connectivity index (χ3n) is 2.56. The zero-order valence-electron chi connectivity index (χ0n) is 16.7. The molecular weight excluding hydrogens is 342 g/mol. The van der Waals surface area contributed by atoms with Gasteiger partial charge in [0, 0.05) is 16.6 Å². The van der Waals surface area contributed by atoms with Crippen LogP contribution in [0.1, 0.15) is 51.3 Å². The topological polar surface area (TPSA) is 54.0 Å². The summed E-state index contributed by atoms with van der Waals surface area (Å²) in [6, 6.07) is 9.36. The molecule has 0 saturated heterocycles. The number of carbonyl (C=O) groups is 1. The molecule has 0 radical (unpaired) electrons. The van der Waals surface area contributed by atoms with E-state index in [2.05, 4.69) is 43.0 Å². The third-order valence-corrected chi connectivity index (χ3v) is 3.40. The van der Waals surface area contributed by atoms with Gasteiger partial charge in [-0.25, -0.2) is 4.98 Å². The molecule has 1 heterocycles. The van der Waals surface area contributed by atoms with Crippen LogP contribution >= 0.6 is 11.3 Å². The van der Waals surface area contributed by atoms with Gasteiger partial charge in [0.1, 0.15) is 5.82 Å². The molecule has 142 valence electrons. The van der Waals surface area contributed by atoms with Crippen LogP contribution in [0.15, 0.2) is 60.5 Å². The number of carbonyl (C=O) groups excluding carboxylic acids is 1. The van der Waals surface area contributed by atoms with E-state index < -0.39 is 0 Å². The van der Waals surface area contributed by atoms with Gasteiger partial charge in [0.05, 0.1) is 0 Å². The highest BCUT2D eigenvalue weighted by Crippen LogP contribution is 2.19. The van der Waals surface area contributed by atoms with Crippen molar-refractivity contribution in [3.05, 3.63) is 65.5 Å². The normalized spacial score (nSPS) is 10.1. The highest BCUT2D eigenvalue weighted by atomic mass is 32.1. The van der Waals surface area contributed by atoms with E-state index in [1.807, 2.05) is 68.6 Å². The van der Waals surface area contributed by atoms with Crippen molar-refractivity contribution in [1.29, 1.82) is 0 Å². The number of benzene rings is 1. The summed E-state index contributed by atoms with van der Waals surface area (Å²) in [6.45, 7) is 15.6. The average molecular weight is 374 g/mol. The number of nitrogens with zero attached hydrogens (tertiary/aromatic N) is 1. The molecule has 0 aliphatic rings. The van der Waals surface area contributed by atoms with Crippen molar-refractivity contribution >= 4 is 28.7 Å². The van der Waals surface area contributed by atoms with Crippen LogP contribution < -0.4 is 10.6 Å². The lowest BCUT2D eigenvalue weighted by Gasteiger charge is -2.19. The molecule has 0 unspecified atom stereocenters. The SMILES string of the molecule is C=C/C=C\C.CC.CC(C)(C)Nc1csc(C(=O)Nc2ccccc2)n1. The Morgan fingerprint density at radius 2 is 1.81 bits per heavy atom. The van der Waals surface area contributed by atoms with Gasteiger partial charge in [0.15, 0.2) is 5.01 Å². The molecule has 2 N–H and O–H groups in total. The van der Waals surface area contributed by atoms with Gasteiger partial charge in [-0.2, -0.15) is 0 Å². The molecule has 4 nitrogen and oxygen atoms in total. The summed E-state index contributed by atoms with van der Waals surface area (Å²) in [5.41, 5.74) is 0.703. The van der Waals surface area contributed by atoms with Gasteiger partial charge in [-0.05, 0) is 39.8 Å². The van der Waals surface area contributed by atoms with Crippen molar-refractivity contribution in [3.63, 3.8) is 0 Å². The van der Waals surface area contributed by atoms with Crippen LogP contribution in [0.3, 0.4) is 0 Å². The van der Waals surface area contributed by atoms with Crippen LogP contribution in [0.25, 0.3) is 0 Å². The minimum Gasteiger partial charge on any atom is -0.365 e. The molecule has 0 saturated carbocycles. The van der Waals surface area contributed by atoms with E-state index in [1.54, 1.807) is 6.08 Å². The van der Waals surface area contributed by atoms with Crippen molar-refractivity contribution in [2.45, 2.75) is 47.1 Å². The molecule has 0 bridgehead atoms. The first-order chi connectivity index (χ1) is 12.4. The van der Waals surface area contributed by atoms with Crippen molar-refractivity contribution in [2.24, 2.45) is 0 Å². The highest BCUT2D eigenvalue weighted by molar-refractivity contribution is 7.12. The fourth-order valence-electron chi connectivity index (χ4n) is 1.66. The van der Waals surface area contributed by atoms with E-state index in [9.17, 15) is 4.79 Å². The Morgan fingerprint density at radius 1 is 1.19 bits per heavy atom. The Kier molecular flexibility index (Phi) is 11.7. The van der Waals surface area contributed by atoms with Gasteiger partial charge < -0.3 is 10.6 Å².